The molecule has 0 aliphatic rings. The maximum absolute atomic E-state index is 13.0. The van der Waals surface area contributed by atoms with E-state index in [-0.39, 0.29) is 0 Å². The van der Waals surface area contributed by atoms with Crippen LogP contribution in [0.2, 0.25) is 0 Å². The Morgan fingerprint density at radius 2 is 1.78 bits per heavy atom. The van der Waals surface area contributed by atoms with Crippen LogP contribution in [0.15, 0.2) is 60.9 Å². The highest BCUT2D eigenvalue weighted by molar-refractivity contribution is 5.79. The first kappa shape index (κ1) is 14.8. The van der Waals surface area contributed by atoms with E-state index in [4.69, 9.17) is 4.74 Å². The summed E-state index contributed by atoms with van der Waals surface area (Å²) in [6.07, 6.45) is 2.89. The molecule has 0 saturated heterocycles. The molecule has 0 aliphatic heterocycles. The lowest BCUT2D eigenvalue weighted by Gasteiger charge is -2.11. The number of benzene rings is 2. The van der Waals surface area contributed by atoms with E-state index < -0.39 is 5.82 Å². The van der Waals surface area contributed by atoms with Gasteiger partial charge in [0.15, 0.2) is 11.6 Å². The molecule has 0 spiro atoms. The molecule has 3 aromatic rings. The van der Waals surface area contributed by atoms with Crippen LogP contribution in [-0.2, 0) is 6.61 Å². The standard InChI is InChI=1S/C18H13FN2O2/c19-15-9-20-18(21-10-15)16-8-14(11-22)6-7-17(16)23-12-13-4-2-1-3-5-13/h1-11H,12H2. The Hall–Kier alpha value is -3.08. The number of nitrogens with zero attached hydrogens (tertiary/aromatic N) is 2. The lowest BCUT2D eigenvalue weighted by molar-refractivity contribution is 0.112. The van der Waals surface area contributed by atoms with Crippen molar-refractivity contribution >= 4 is 6.29 Å². The molecule has 3 rings (SSSR count). The van der Waals surface area contributed by atoms with Gasteiger partial charge in [-0.1, -0.05) is 30.3 Å². The van der Waals surface area contributed by atoms with E-state index in [1.165, 1.54) is 0 Å². The monoisotopic (exact) mass is 308 g/mol. The van der Waals surface area contributed by atoms with Gasteiger partial charge in [-0.25, -0.2) is 14.4 Å². The second-order valence-corrected chi connectivity index (χ2v) is 4.87. The quantitative estimate of drug-likeness (QED) is 0.675. The minimum absolute atomic E-state index is 0.304. The van der Waals surface area contributed by atoms with Crippen molar-refractivity contribution in [2.45, 2.75) is 6.61 Å². The van der Waals surface area contributed by atoms with Crippen molar-refractivity contribution < 1.29 is 13.9 Å². The zero-order valence-corrected chi connectivity index (χ0v) is 12.1. The molecule has 0 amide bonds. The Morgan fingerprint density at radius 3 is 2.48 bits per heavy atom. The molecule has 1 aromatic heterocycles. The van der Waals surface area contributed by atoms with E-state index in [0.29, 0.717) is 29.3 Å². The smallest absolute Gasteiger partial charge is 0.163 e. The second-order valence-electron chi connectivity index (χ2n) is 4.87. The summed E-state index contributed by atoms with van der Waals surface area (Å²) in [5.74, 6) is 0.316. The number of rotatable bonds is 5. The van der Waals surface area contributed by atoms with Crippen LogP contribution in [0.5, 0.6) is 5.75 Å². The molecule has 1 heterocycles. The van der Waals surface area contributed by atoms with E-state index in [1.54, 1.807) is 18.2 Å². The summed E-state index contributed by atoms with van der Waals surface area (Å²) in [6, 6.07) is 14.7. The topological polar surface area (TPSA) is 52.1 Å². The number of carbonyl (C=O) groups is 1. The van der Waals surface area contributed by atoms with Gasteiger partial charge in [-0.05, 0) is 23.8 Å². The zero-order valence-electron chi connectivity index (χ0n) is 12.1. The molecule has 0 N–H and O–H groups in total. The average molecular weight is 308 g/mol. The molecule has 0 bridgehead atoms. The highest BCUT2D eigenvalue weighted by Gasteiger charge is 2.11. The first-order valence-corrected chi connectivity index (χ1v) is 7.00. The molecule has 2 aromatic carbocycles. The predicted octanol–water partition coefficient (Wildman–Crippen LogP) is 3.67. The van der Waals surface area contributed by atoms with Crippen LogP contribution in [-0.4, -0.2) is 16.3 Å². The number of aldehydes is 1. The van der Waals surface area contributed by atoms with Crippen molar-refractivity contribution in [2.24, 2.45) is 0 Å². The third kappa shape index (κ3) is 3.58. The van der Waals surface area contributed by atoms with Crippen LogP contribution in [0.1, 0.15) is 15.9 Å². The van der Waals surface area contributed by atoms with Gasteiger partial charge in [0.2, 0.25) is 0 Å². The van der Waals surface area contributed by atoms with E-state index >= 15 is 0 Å². The van der Waals surface area contributed by atoms with Crippen molar-refractivity contribution in [3.8, 4) is 17.1 Å². The van der Waals surface area contributed by atoms with Gasteiger partial charge in [0.05, 0.1) is 18.0 Å². The normalized spacial score (nSPS) is 10.3. The molecule has 0 atom stereocenters. The molecular formula is C18H13FN2O2. The van der Waals surface area contributed by atoms with Gasteiger partial charge in [0.25, 0.3) is 0 Å². The van der Waals surface area contributed by atoms with E-state index in [0.717, 1.165) is 24.2 Å². The van der Waals surface area contributed by atoms with Gasteiger partial charge in [-0.15, -0.1) is 0 Å². The number of ether oxygens (including phenoxy) is 1. The molecule has 0 saturated carbocycles. The molecule has 23 heavy (non-hydrogen) atoms. The summed E-state index contributed by atoms with van der Waals surface area (Å²) < 4.78 is 18.8. The summed E-state index contributed by atoms with van der Waals surface area (Å²) >= 11 is 0. The highest BCUT2D eigenvalue weighted by atomic mass is 19.1. The van der Waals surface area contributed by atoms with Crippen LogP contribution in [0.4, 0.5) is 4.39 Å². The molecule has 5 heteroatoms. The molecular weight excluding hydrogens is 295 g/mol. The molecule has 0 aliphatic carbocycles. The van der Waals surface area contributed by atoms with Gasteiger partial charge in [0.1, 0.15) is 18.6 Å². The fourth-order valence-corrected chi connectivity index (χ4v) is 2.11. The lowest BCUT2D eigenvalue weighted by atomic mass is 10.1. The molecule has 4 nitrogen and oxygen atoms in total. The third-order valence-corrected chi connectivity index (χ3v) is 3.24. The zero-order chi connectivity index (χ0) is 16.1. The summed E-state index contributed by atoms with van der Waals surface area (Å²) in [4.78, 5) is 18.9. The number of aromatic nitrogens is 2. The summed E-state index contributed by atoms with van der Waals surface area (Å²) in [5.41, 5.74) is 2.03. The Labute approximate surface area is 132 Å². The van der Waals surface area contributed by atoms with Crippen molar-refractivity contribution in [1.82, 2.24) is 9.97 Å². The maximum atomic E-state index is 13.0. The molecule has 0 radical (unpaired) electrons. The minimum atomic E-state index is -0.521. The highest BCUT2D eigenvalue weighted by Crippen LogP contribution is 2.29. The van der Waals surface area contributed by atoms with Crippen LogP contribution < -0.4 is 4.74 Å². The van der Waals surface area contributed by atoms with Gasteiger partial charge < -0.3 is 4.74 Å². The third-order valence-electron chi connectivity index (χ3n) is 3.24. The van der Waals surface area contributed by atoms with Gasteiger partial charge >= 0.3 is 0 Å². The fraction of sp³-hybridized carbons (Fsp3) is 0.0556. The van der Waals surface area contributed by atoms with Crippen LogP contribution in [0.3, 0.4) is 0 Å². The second kappa shape index (κ2) is 6.79. The van der Waals surface area contributed by atoms with Crippen molar-refractivity contribution in [2.75, 3.05) is 0 Å². The number of hydrogen-bond donors (Lipinski definition) is 0. The Kier molecular flexibility index (Phi) is 4.38. The Morgan fingerprint density at radius 1 is 1.04 bits per heavy atom. The minimum Gasteiger partial charge on any atom is -0.488 e. The summed E-state index contributed by atoms with van der Waals surface area (Å²) in [7, 11) is 0. The maximum Gasteiger partial charge on any atom is 0.163 e. The van der Waals surface area contributed by atoms with Crippen LogP contribution in [0, 0.1) is 5.82 Å². The van der Waals surface area contributed by atoms with E-state index in [1.807, 2.05) is 30.3 Å². The van der Waals surface area contributed by atoms with Crippen LogP contribution >= 0.6 is 0 Å². The molecule has 114 valence electrons. The van der Waals surface area contributed by atoms with Crippen molar-refractivity contribution in [3.05, 3.63) is 77.9 Å². The average Bonchev–Trinajstić information content (AvgIpc) is 2.61. The van der Waals surface area contributed by atoms with Gasteiger partial charge in [-0.3, -0.25) is 4.79 Å². The van der Waals surface area contributed by atoms with Gasteiger partial charge in [0, 0.05) is 5.56 Å². The van der Waals surface area contributed by atoms with E-state index in [2.05, 4.69) is 9.97 Å². The summed E-state index contributed by atoms with van der Waals surface area (Å²) in [5, 5.41) is 0. The number of carbonyl (C=O) groups excluding carboxylic acids is 1. The number of hydrogen-bond acceptors (Lipinski definition) is 4. The largest absolute Gasteiger partial charge is 0.488 e. The first-order chi connectivity index (χ1) is 11.3. The molecule has 0 unspecified atom stereocenters. The SMILES string of the molecule is O=Cc1ccc(OCc2ccccc2)c(-c2ncc(F)cn2)c1. The molecule has 0 fully saturated rings. The van der Waals surface area contributed by atoms with E-state index in [9.17, 15) is 9.18 Å². The van der Waals surface area contributed by atoms with Gasteiger partial charge in [-0.2, -0.15) is 0 Å². The predicted molar refractivity (Wildman–Crippen MR) is 83.6 cm³/mol. The fourth-order valence-electron chi connectivity index (χ4n) is 2.11. The Bertz CT molecular complexity index is 805. The van der Waals surface area contributed by atoms with Crippen molar-refractivity contribution in [1.29, 1.82) is 0 Å². The number of halogens is 1. The Balaban J connectivity index is 1.92. The van der Waals surface area contributed by atoms with Crippen LogP contribution in [0.25, 0.3) is 11.4 Å². The first-order valence-electron chi connectivity index (χ1n) is 7.00. The summed E-state index contributed by atoms with van der Waals surface area (Å²) in [6.45, 7) is 0.371. The lowest BCUT2D eigenvalue weighted by Crippen LogP contribution is -1.99. The van der Waals surface area contributed by atoms with Crippen molar-refractivity contribution in [3.63, 3.8) is 0 Å².